The molecule has 3 aromatic carbocycles. The molecule has 0 atom stereocenters. The van der Waals surface area contributed by atoms with Crippen molar-refractivity contribution < 1.29 is 27.6 Å². The number of halogens is 6. The number of hydrogen-bond acceptors (Lipinski definition) is 4. The fourth-order valence-corrected chi connectivity index (χ4v) is 5.80. The topological polar surface area (TPSA) is 90.5 Å². The van der Waals surface area contributed by atoms with Crippen LogP contribution in [0.25, 0.3) is 0 Å². The summed E-state index contributed by atoms with van der Waals surface area (Å²) < 4.78 is 40.9. The molecule has 1 heterocycles. The van der Waals surface area contributed by atoms with Crippen molar-refractivity contribution in [3.05, 3.63) is 85.8 Å². The number of carbonyl (C=O) groups excluding carboxylic acids is 3. The Hall–Kier alpha value is -3.28. The third-order valence-electron chi connectivity index (χ3n) is 7.36. The standard InChI is InChI=1S/C32H32BrCl2F3N4O3/c1-31(2,3)30(45)39-17-18-14-24(34)27(25(35)15-18)29(44)41-22-8-9-23(28(43)40-21-6-4-20(33)5-7-21)26(16-22)42-12-10-19(11-13-42)32(36,37)38/h4-9,14-16,19H,10-13,17H2,1-3H3,(H,39,45)(H,40,43)(H,41,44). The van der Waals surface area contributed by atoms with E-state index >= 15 is 0 Å². The number of carbonyl (C=O) groups is 3. The molecule has 1 fully saturated rings. The minimum absolute atomic E-state index is 0.00818. The maximum atomic E-state index is 13.4. The van der Waals surface area contributed by atoms with Crippen LogP contribution in [0, 0.1) is 11.3 Å². The van der Waals surface area contributed by atoms with Gasteiger partial charge in [-0.1, -0.05) is 59.9 Å². The Kier molecular flexibility index (Phi) is 10.8. The third kappa shape index (κ3) is 8.92. The highest BCUT2D eigenvalue weighted by Crippen LogP contribution is 2.37. The molecule has 0 unspecified atom stereocenters. The van der Waals surface area contributed by atoms with Gasteiger partial charge in [0.1, 0.15) is 0 Å². The van der Waals surface area contributed by atoms with Gasteiger partial charge >= 0.3 is 6.18 Å². The molecule has 1 aliphatic heterocycles. The van der Waals surface area contributed by atoms with Crippen molar-refractivity contribution >= 4 is 73.9 Å². The van der Waals surface area contributed by atoms with Crippen LogP contribution < -0.4 is 20.9 Å². The molecule has 0 bridgehead atoms. The largest absolute Gasteiger partial charge is 0.391 e. The van der Waals surface area contributed by atoms with Crippen molar-refractivity contribution in [2.45, 2.75) is 46.3 Å². The first kappa shape index (κ1) is 34.6. The van der Waals surface area contributed by atoms with Gasteiger partial charge in [-0.25, -0.2) is 0 Å². The maximum Gasteiger partial charge on any atom is 0.391 e. The zero-order valence-electron chi connectivity index (χ0n) is 24.7. The van der Waals surface area contributed by atoms with Crippen LogP contribution in [-0.4, -0.2) is 37.0 Å². The second-order valence-electron chi connectivity index (χ2n) is 11.8. The van der Waals surface area contributed by atoms with Gasteiger partial charge in [0.25, 0.3) is 11.8 Å². The fourth-order valence-electron chi connectivity index (χ4n) is 4.83. The summed E-state index contributed by atoms with van der Waals surface area (Å²) >= 11 is 16.2. The maximum absolute atomic E-state index is 13.4. The number of benzene rings is 3. The minimum atomic E-state index is -4.30. The Bertz CT molecular complexity index is 1560. The van der Waals surface area contributed by atoms with Gasteiger partial charge in [-0.05, 0) is 73.0 Å². The van der Waals surface area contributed by atoms with Crippen molar-refractivity contribution in [2.75, 3.05) is 28.6 Å². The van der Waals surface area contributed by atoms with Gasteiger partial charge in [-0.3, -0.25) is 14.4 Å². The Morgan fingerprint density at radius 3 is 1.98 bits per heavy atom. The Morgan fingerprint density at radius 2 is 1.42 bits per heavy atom. The quantitative estimate of drug-likeness (QED) is 0.227. The van der Waals surface area contributed by atoms with E-state index in [2.05, 4.69) is 31.9 Å². The van der Waals surface area contributed by atoms with E-state index in [-0.39, 0.29) is 59.6 Å². The molecule has 0 aromatic heterocycles. The molecule has 3 N–H and O–H groups in total. The van der Waals surface area contributed by atoms with E-state index in [1.165, 1.54) is 24.3 Å². The van der Waals surface area contributed by atoms with E-state index in [1.54, 1.807) is 56.0 Å². The number of hydrogen-bond donors (Lipinski definition) is 3. The molecule has 13 heteroatoms. The molecule has 0 spiro atoms. The third-order valence-corrected chi connectivity index (χ3v) is 8.49. The van der Waals surface area contributed by atoms with Gasteiger partial charge in [-0.2, -0.15) is 13.2 Å². The molecule has 0 saturated carbocycles. The lowest BCUT2D eigenvalue weighted by molar-refractivity contribution is -0.179. The van der Waals surface area contributed by atoms with Crippen LogP contribution in [0.4, 0.5) is 30.2 Å². The van der Waals surface area contributed by atoms with Crippen molar-refractivity contribution in [2.24, 2.45) is 11.3 Å². The van der Waals surface area contributed by atoms with Crippen LogP contribution in [0.3, 0.4) is 0 Å². The lowest BCUT2D eigenvalue weighted by atomic mass is 9.95. The normalized spacial score (nSPS) is 14.2. The lowest BCUT2D eigenvalue weighted by Gasteiger charge is -2.35. The summed E-state index contributed by atoms with van der Waals surface area (Å²) in [5.41, 5.74) is 1.47. The molecule has 3 aromatic rings. The van der Waals surface area contributed by atoms with E-state index in [0.29, 0.717) is 22.6 Å². The summed E-state index contributed by atoms with van der Waals surface area (Å²) in [6.07, 6.45) is -4.54. The molecule has 240 valence electrons. The summed E-state index contributed by atoms with van der Waals surface area (Å²) in [4.78, 5) is 40.6. The van der Waals surface area contributed by atoms with E-state index in [4.69, 9.17) is 23.2 Å². The predicted octanol–water partition coefficient (Wildman–Crippen LogP) is 8.70. The van der Waals surface area contributed by atoms with Gasteiger partial charge in [0.2, 0.25) is 5.91 Å². The highest BCUT2D eigenvalue weighted by atomic mass is 79.9. The molecule has 0 aliphatic carbocycles. The van der Waals surface area contributed by atoms with Crippen molar-refractivity contribution in [1.82, 2.24) is 5.32 Å². The number of alkyl halides is 3. The lowest BCUT2D eigenvalue weighted by Crippen LogP contribution is -2.39. The molecule has 45 heavy (non-hydrogen) atoms. The average Bonchev–Trinajstić information content (AvgIpc) is 2.95. The van der Waals surface area contributed by atoms with Gasteiger partial charge in [-0.15, -0.1) is 0 Å². The predicted molar refractivity (Wildman–Crippen MR) is 175 cm³/mol. The van der Waals surface area contributed by atoms with Crippen molar-refractivity contribution in [3.8, 4) is 0 Å². The van der Waals surface area contributed by atoms with Crippen LogP contribution in [0.5, 0.6) is 0 Å². The molecular weight excluding hydrogens is 696 g/mol. The number of nitrogens with one attached hydrogen (secondary N) is 3. The highest BCUT2D eigenvalue weighted by Gasteiger charge is 2.41. The van der Waals surface area contributed by atoms with Crippen LogP contribution in [-0.2, 0) is 11.3 Å². The molecule has 3 amide bonds. The Balaban J connectivity index is 1.57. The van der Waals surface area contributed by atoms with Crippen LogP contribution in [0.15, 0.2) is 59.1 Å². The molecule has 4 rings (SSSR count). The van der Waals surface area contributed by atoms with E-state index < -0.39 is 29.3 Å². The van der Waals surface area contributed by atoms with Crippen LogP contribution in [0.2, 0.25) is 10.0 Å². The first-order valence-corrected chi connectivity index (χ1v) is 15.7. The number of anilines is 3. The van der Waals surface area contributed by atoms with Gasteiger partial charge in [0, 0.05) is 40.9 Å². The van der Waals surface area contributed by atoms with E-state index in [9.17, 15) is 27.6 Å². The number of nitrogens with zero attached hydrogens (tertiary/aromatic N) is 1. The Labute approximate surface area is 278 Å². The van der Waals surface area contributed by atoms with Gasteiger partial charge in [0.15, 0.2) is 0 Å². The van der Waals surface area contributed by atoms with Gasteiger partial charge in [0.05, 0.1) is 32.8 Å². The van der Waals surface area contributed by atoms with E-state index in [0.717, 1.165) is 4.47 Å². The SMILES string of the molecule is CC(C)(C)C(=O)NCc1cc(Cl)c(C(=O)Nc2ccc(C(=O)Nc3ccc(Br)cc3)c(N3CCC(C(F)(F)F)CC3)c2)c(Cl)c1. The Morgan fingerprint density at radius 1 is 0.867 bits per heavy atom. The molecular formula is C32H32BrCl2F3N4O3. The summed E-state index contributed by atoms with van der Waals surface area (Å²) in [5.74, 6) is -2.66. The first-order valence-electron chi connectivity index (χ1n) is 14.1. The molecule has 1 aliphatic rings. The number of amides is 3. The summed E-state index contributed by atoms with van der Waals surface area (Å²) in [6.45, 7) is 5.67. The minimum Gasteiger partial charge on any atom is -0.371 e. The number of rotatable bonds is 7. The zero-order chi connectivity index (χ0) is 33.1. The highest BCUT2D eigenvalue weighted by molar-refractivity contribution is 9.10. The van der Waals surface area contributed by atoms with Crippen LogP contribution in [0.1, 0.15) is 59.9 Å². The van der Waals surface area contributed by atoms with Gasteiger partial charge < -0.3 is 20.9 Å². The van der Waals surface area contributed by atoms with Crippen LogP contribution >= 0.6 is 39.1 Å². The molecule has 0 radical (unpaired) electrons. The average molecular weight is 728 g/mol. The zero-order valence-corrected chi connectivity index (χ0v) is 27.8. The van der Waals surface area contributed by atoms with E-state index in [1.807, 2.05) is 0 Å². The molecule has 7 nitrogen and oxygen atoms in total. The summed E-state index contributed by atoms with van der Waals surface area (Å²) in [5, 5.41) is 8.50. The first-order chi connectivity index (χ1) is 21.0. The fraction of sp³-hybridized carbons (Fsp3) is 0.344. The molecule has 1 saturated heterocycles. The smallest absolute Gasteiger partial charge is 0.371 e. The second kappa shape index (κ2) is 14.0. The number of piperidine rings is 1. The second-order valence-corrected chi connectivity index (χ2v) is 13.5. The summed E-state index contributed by atoms with van der Waals surface area (Å²) in [6, 6.07) is 14.6. The summed E-state index contributed by atoms with van der Waals surface area (Å²) in [7, 11) is 0. The van der Waals surface area contributed by atoms with Crippen molar-refractivity contribution in [3.63, 3.8) is 0 Å². The monoisotopic (exact) mass is 726 g/mol. The van der Waals surface area contributed by atoms with Crippen molar-refractivity contribution in [1.29, 1.82) is 0 Å².